The van der Waals surface area contributed by atoms with Gasteiger partial charge in [0.05, 0.1) is 12.8 Å². The molecule has 0 bridgehead atoms. The summed E-state index contributed by atoms with van der Waals surface area (Å²) < 4.78 is 41.0. The van der Waals surface area contributed by atoms with Crippen molar-refractivity contribution in [3.63, 3.8) is 0 Å². The molecule has 0 spiro atoms. The van der Waals surface area contributed by atoms with E-state index < -0.39 is 27.0 Å². The lowest BCUT2D eigenvalue weighted by Crippen LogP contribution is -2.32. The van der Waals surface area contributed by atoms with Gasteiger partial charge in [-0.05, 0) is 12.1 Å². The number of sulfonamides is 1. The van der Waals surface area contributed by atoms with Gasteiger partial charge < -0.3 is 9.64 Å². The first-order valence-corrected chi connectivity index (χ1v) is 7.10. The smallest absolute Gasteiger partial charge is 0.228 e. The van der Waals surface area contributed by atoms with Gasteiger partial charge in [-0.1, -0.05) is 6.07 Å². The maximum Gasteiger partial charge on any atom is 0.228 e. The normalized spacial score (nSPS) is 19.8. The third kappa shape index (κ3) is 2.54. The number of halogens is 1. The summed E-state index contributed by atoms with van der Waals surface area (Å²) in [4.78, 5) is 13.0. The molecule has 1 aliphatic heterocycles. The number of benzene rings is 1. The Labute approximate surface area is 110 Å². The molecule has 0 aromatic heterocycles. The number of primary sulfonamides is 1. The van der Waals surface area contributed by atoms with Crippen LogP contribution in [0.1, 0.15) is 6.42 Å². The highest BCUT2D eigenvalue weighted by Crippen LogP contribution is 2.34. The van der Waals surface area contributed by atoms with Gasteiger partial charge in [0, 0.05) is 13.0 Å². The SMILES string of the molecule is COc1c(F)cccc1N1CC(S(N)(=O)=O)CC1=O. The van der Waals surface area contributed by atoms with Gasteiger partial charge in [-0.3, -0.25) is 4.79 Å². The summed E-state index contributed by atoms with van der Waals surface area (Å²) in [6, 6.07) is 4.11. The van der Waals surface area contributed by atoms with Crippen LogP contribution in [-0.4, -0.2) is 33.2 Å². The van der Waals surface area contributed by atoms with E-state index in [1.807, 2.05) is 0 Å². The Morgan fingerprint density at radius 2 is 2.16 bits per heavy atom. The summed E-state index contributed by atoms with van der Waals surface area (Å²) in [5, 5.41) is 4.05. The monoisotopic (exact) mass is 288 g/mol. The molecule has 2 N–H and O–H groups in total. The maximum absolute atomic E-state index is 13.6. The fourth-order valence-corrected chi connectivity index (χ4v) is 2.77. The number of ether oxygens (including phenoxy) is 1. The molecule has 1 saturated heterocycles. The van der Waals surface area contributed by atoms with Crippen LogP contribution < -0.4 is 14.8 Å². The molecule has 1 fully saturated rings. The molecule has 19 heavy (non-hydrogen) atoms. The molecule has 1 aromatic carbocycles. The minimum Gasteiger partial charge on any atom is -0.492 e. The van der Waals surface area contributed by atoms with Gasteiger partial charge >= 0.3 is 0 Å². The first-order valence-electron chi connectivity index (χ1n) is 5.49. The Bertz CT molecular complexity index is 617. The van der Waals surface area contributed by atoms with E-state index in [9.17, 15) is 17.6 Å². The average molecular weight is 288 g/mol. The molecular formula is C11H13FN2O4S. The average Bonchev–Trinajstić information content (AvgIpc) is 2.70. The molecule has 8 heteroatoms. The number of amides is 1. The highest BCUT2D eigenvalue weighted by atomic mass is 32.2. The van der Waals surface area contributed by atoms with Gasteiger partial charge in [-0.15, -0.1) is 0 Å². The lowest BCUT2D eigenvalue weighted by Gasteiger charge is -2.19. The van der Waals surface area contributed by atoms with Crippen molar-refractivity contribution in [2.75, 3.05) is 18.6 Å². The first kappa shape index (κ1) is 13.8. The van der Waals surface area contributed by atoms with Crippen molar-refractivity contribution in [2.45, 2.75) is 11.7 Å². The minimum absolute atomic E-state index is 0.0917. The molecule has 0 saturated carbocycles. The zero-order valence-corrected chi connectivity index (χ0v) is 11.0. The van der Waals surface area contributed by atoms with Gasteiger partial charge in [0.25, 0.3) is 0 Å². The minimum atomic E-state index is -3.80. The zero-order valence-electron chi connectivity index (χ0n) is 10.2. The number of methoxy groups -OCH3 is 1. The standard InChI is InChI=1S/C11H13FN2O4S/c1-18-11-8(12)3-2-4-9(11)14-6-7(5-10(14)15)19(13,16)17/h2-4,7H,5-6H2,1H3,(H2,13,16,17). The van der Waals surface area contributed by atoms with Crippen LogP contribution in [0.4, 0.5) is 10.1 Å². The first-order chi connectivity index (χ1) is 8.84. The highest BCUT2D eigenvalue weighted by molar-refractivity contribution is 7.89. The molecule has 1 heterocycles. The van der Waals surface area contributed by atoms with Crippen LogP contribution in [0.5, 0.6) is 5.75 Å². The number of nitrogens with two attached hydrogens (primary N) is 1. The number of nitrogens with zero attached hydrogens (tertiary/aromatic N) is 1. The van der Waals surface area contributed by atoms with Crippen LogP contribution in [0, 0.1) is 5.82 Å². The fourth-order valence-electron chi connectivity index (χ4n) is 2.04. The number of carbonyl (C=O) groups excluding carboxylic acids is 1. The van der Waals surface area contributed by atoms with Crippen LogP contribution in [0.3, 0.4) is 0 Å². The van der Waals surface area contributed by atoms with Crippen molar-refractivity contribution in [3.8, 4) is 5.75 Å². The highest BCUT2D eigenvalue weighted by Gasteiger charge is 2.38. The molecule has 2 rings (SSSR count). The van der Waals surface area contributed by atoms with Crippen LogP contribution in [0.2, 0.25) is 0 Å². The molecule has 1 atom stereocenters. The summed E-state index contributed by atoms with van der Waals surface area (Å²) in [7, 11) is -2.53. The van der Waals surface area contributed by atoms with Crippen LogP contribution in [0.15, 0.2) is 18.2 Å². The second-order valence-electron chi connectivity index (χ2n) is 4.21. The number of anilines is 1. The van der Waals surface area contributed by atoms with Crippen molar-refractivity contribution < 1.29 is 22.3 Å². The quantitative estimate of drug-likeness (QED) is 0.862. The van der Waals surface area contributed by atoms with Crippen molar-refractivity contribution in [2.24, 2.45) is 5.14 Å². The molecule has 6 nitrogen and oxygen atoms in total. The van der Waals surface area contributed by atoms with Gasteiger partial charge in [0.2, 0.25) is 15.9 Å². The van der Waals surface area contributed by atoms with Crippen molar-refractivity contribution in [1.29, 1.82) is 0 Å². The number of carbonyl (C=O) groups is 1. The van der Waals surface area contributed by atoms with Gasteiger partial charge in [0.1, 0.15) is 5.25 Å². The second-order valence-corrected chi connectivity index (χ2v) is 6.06. The summed E-state index contributed by atoms with van der Waals surface area (Å²) in [6.45, 7) is -0.0997. The molecule has 1 aromatic rings. The van der Waals surface area contributed by atoms with E-state index in [4.69, 9.17) is 9.88 Å². The van der Waals surface area contributed by atoms with Crippen LogP contribution in [-0.2, 0) is 14.8 Å². The fraction of sp³-hybridized carbons (Fsp3) is 0.364. The van der Waals surface area contributed by atoms with Crippen LogP contribution >= 0.6 is 0 Å². The summed E-state index contributed by atoms with van der Waals surface area (Å²) in [5.74, 6) is -1.14. The van der Waals surface area contributed by atoms with Crippen LogP contribution in [0.25, 0.3) is 0 Å². The lowest BCUT2D eigenvalue weighted by molar-refractivity contribution is -0.117. The summed E-state index contributed by atoms with van der Waals surface area (Å²) >= 11 is 0. The maximum atomic E-state index is 13.6. The summed E-state index contributed by atoms with van der Waals surface area (Å²) in [6.07, 6.45) is -0.210. The second kappa shape index (κ2) is 4.78. The van der Waals surface area contributed by atoms with E-state index in [0.717, 1.165) is 0 Å². The van der Waals surface area contributed by atoms with E-state index in [1.165, 1.54) is 30.2 Å². The van der Waals surface area contributed by atoms with Crippen molar-refractivity contribution in [3.05, 3.63) is 24.0 Å². The Balaban J connectivity index is 2.39. The molecule has 104 valence electrons. The largest absolute Gasteiger partial charge is 0.492 e. The lowest BCUT2D eigenvalue weighted by atomic mass is 10.2. The van der Waals surface area contributed by atoms with E-state index in [-0.39, 0.29) is 24.4 Å². The van der Waals surface area contributed by atoms with Gasteiger partial charge in [-0.2, -0.15) is 0 Å². The molecule has 1 aliphatic rings. The predicted molar refractivity (Wildman–Crippen MR) is 66.8 cm³/mol. The Kier molecular flexibility index (Phi) is 3.46. The Morgan fingerprint density at radius 3 is 2.68 bits per heavy atom. The van der Waals surface area contributed by atoms with E-state index in [0.29, 0.717) is 0 Å². The number of rotatable bonds is 3. The van der Waals surface area contributed by atoms with Gasteiger partial charge in [0.15, 0.2) is 11.6 Å². The summed E-state index contributed by atoms with van der Waals surface area (Å²) in [5.41, 5.74) is 0.207. The molecule has 0 radical (unpaired) electrons. The molecule has 1 unspecified atom stereocenters. The van der Waals surface area contributed by atoms with E-state index >= 15 is 0 Å². The van der Waals surface area contributed by atoms with E-state index in [2.05, 4.69) is 0 Å². The van der Waals surface area contributed by atoms with Gasteiger partial charge in [-0.25, -0.2) is 17.9 Å². The third-order valence-corrected chi connectivity index (χ3v) is 4.24. The third-order valence-electron chi connectivity index (χ3n) is 3.00. The molecule has 0 aliphatic carbocycles. The predicted octanol–water partition coefficient (Wildman–Crippen LogP) is 0.228. The number of hydrogen-bond donors (Lipinski definition) is 1. The van der Waals surface area contributed by atoms with Crippen molar-refractivity contribution in [1.82, 2.24) is 0 Å². The topological polar surface area (TPSA) is 89.7 Å². The number of para-hydroxylation sites is 1. The van der Waals surface area contributed by atoms with E-state index in [1.54, 1.807) is 0 Å². The zero-order chi connectivity index (χ0) is 14.2. The molecule has 1 amide bonds. The van der Waals surface area contributed by atoms with Crippen molar-refractivity contribution >= 4 is 21.6 Å². The number of hydrogen-bond acceptors (Lipinski definition) is 4. The molecular weight excluding hydrogens is 275 g/mol. The Morgan fingerprint density at radius 1 is 1.47 bits per heavy atom. The Hall–Kier alpha value is -1.67.